The van der Waals surface area contributed by atoms with E-state index in [1.165, 1.54) is 25.3 Å². The molecule has 0 spiro atoms. The number of ether oxygens (including phenoxy) is 3. The molecule has 1 aliphatic heterocycles. The van der Waals surface area contributed by atoms with Gasteiger partial charge in [0.2, 0.25) is 0 Å². The Morgan fingerprint density at radius 2 is 1.90 bits per heavy atom. The highest BCUT2D eigenvalue weighted by Gasteiger charge is 2.44. The molecule has 9 nitrogen and oxygen atoms in total. The van der Waals surface area contributed by atoms with Gasteiger partial charge in [-0.15, -0.1) is 8.78 Å². The van der Waals surface area contributed by atoms with E-state index < -0.39 is 22.2 Å². The zero-order chi connectivity index (χ0) is 29.6. The summed E-state index contributed by atoms with van der Waals surface area (Å²) in [5.74, 6) is 0.714. The average molecular weight is 598 g/mol. The van der Waals surface area contributed by atoms with E-state index in [1.807, 2.05) is 4.57 Å². The van der Waals surface area contributed by atoms with Crippen LogP contribution in [0.3, 0.4) is 0 Å². The van der Waals surface area contributed by atoms with Crippen LogP contribution < -0.4 is 14.8 Å². The van der Waals surface area contributed by atoms with Crippen molar-refractivity contribution in [3.63, 3.8) is 0 Å². The van der Waals surface area contributed by atoms with Crippen molar-refractivity contribution in [3.8, 4) is 11.5 Å². The van der Waals surface area contributed by atoms with Crippen molar-refractivity contribution in [1.82, 2.24) is 14.9 Å². The minimum atomic E-state index is -3.72. The third kappa shape index (κ3) is 5.43. The van der Waals surface area contributed by atoms with Crippen LogP contribution in [0.15, 0.2) is 65.6 Å². The minimum absolute atomic E-state index is 0.00301. The topological polar surface area (TPSA) is 109 Å². The Labute approximate surface area is 241 Å². The van der Waals surface area contributed by atoms with Gasteiger partial charge in [-0.25, -0.2) is 13.4 Å². The molecular weight excluding hydrogens is 568 g/mol. The predicted octanol–water partition coefficient (Wildman–Crippen LogP) is 5.19. The molecule has 1 aliphatic carbocycles. The first-order chi connectivity index (χ1) is 20.1. The van der Waals surface area contributed by atoms with Crippen LogP contribution in [0.1, 0.15) is 59.0 Å². The lowest BCUT2D eigenvalue weighted by molar-refractivity contribution is -0.286. The fraction of sp³-hybridized carbons (Fsp3) is 0.333. The molecule has 1 aromatic heterocycles. The number of para-hydroxylation sites is 1. The van der Waals surface area contributed by atoms with Crippen LogP contribution in [0.2, 0.25) is 0 Å². The molecule has 220 valence electrons. The molecule has 4 aromatic rings. The van der Waals surface area contributed by atoms with Crippen molar-refractivity contribution in [3.05, 3.63) is 83.2 Å². The van der Waals surface area contributed by atoms with Crippen molar-refractivity contribution in [2.24, 2.45) is 0 Å². The van der Waals surface area contributed by atoms with Crippen molar-refractivity contribution >= 4 is 26.8 Å². The standard InChI is InChI=1S/C30H29F2N3O6S/c1-3-42(37,38)22-12-9-18(10-13-22)24(17-39-2)34-29(36)20-11-14-25-23(15-20)33-28(19-7-8-19)35(25)16-21-5-4-6-26-27(21)41-30(31,32)40-26/h4-6,9-15,19,24H,3,7-8,16-17H2,1-2H3,(H,34,36)/t24-/m0/s1. The second-order valence-electron chi connectivity index (χ2n) is 10.4. The third-order valence-corrected chi connectivity index (χ3v) is 9.23. The highest BCUT2D eigenvalue weighted by Crippen LogP contribution is 2.45. The number of hydrogen-bond donors (Lipinski definition) is 1. The highest BCUT2D eigenvalue weighted by atomic mass is 32.2. The maximum absolute atomic E-state index is 13.8. The molecule has 0 saturated heterocycles. The first kappa shape index (κ1) is 28.1. The number of nitrogens with one attached hydrogen (secondary N) is 1. The van der Waals surface area contributed by atoms with Crippen molar-refractivity contribution in [1.29, 1.82) is 0 Å². The van der Waals surface area contributed by atoms with Gasteiger partial charge in [0.05, 0.1) is 40.9 Å². The van der Waals surface area contributed by atoms with Gasteiger partial charge in [0.25, 0.3) is 5.91 Å². The maximum Gasteiger partial charge on any atom is 0.586 e. The smallest absolute Gasteiger partial charge is 0.395 e. The second kappa shape index (κ2) is 10.7. The Hall–Kier alpha value is -4.03. The monoisotopic (exact) mass is 597 g/mol. The van der Waals surface area contributed by atoms with Gasteiger partial charge in [-0.2, -0.15) is 0 Å². The molecule has 0 bridgehead atoms. The fourth-order valence-electron chi connectivity index (χ4n) is 5.13. The first-order valence-corrected chi connectivity index (χ1v) is 15.2. The largest absolute Gasteiger partial charge is 0.586 e. The van der Waals surface area contributed by atoms with E-state index in [9.17, 15) is 22.0 Å². The summed E-state index contributed by atoms with van der Waals surface area (Å²) >= 11 is 0. The lowest BCUT2D eigenvalue weighted by atomic mass is 10.1. The summed E-state index contributed by atoms with van der Waals surface area (Å²) in [5, 5.41) is 2.97. The number of carbonyl (C=O) groups excluding carboxylic acids is 1. The number of methoxy groups -OCH3 is 1. The Morgan fingerprint density at radius 3 is 2.60 bits per heavy atom. The Bertz CT molecular complexity index is 1770. The number of nitrogens with zero attached hydrogens (tertiary/aromatic N) is 2. The van der Waals surface area contributed by atoms with E-state index in [0.29, 0.717) is 22.2 Å². The van der Waals surface area contributed by atoms with Gasteiger partial charge in [0, 0.05) is 24.2 Å². The number of hydrogen-bond acceptors (Lipinski definition) is 7. The van der Waals surface area contributed by atoms with E-state index in [1.54, 1.807) is 49.4 Å². The molecule has 1 fully saturated rings. The van der Waals surface area contributed by atoms with Crippen LogP contribution in [0.25, 0.3) is 11.0 Å². The Morgan fingerprint density at radius 1 is 1.14 bits per heavy atom. The third-order valence-electron chi connectivity index (χ3n) is 7.48. The molecule has 1 saturated carbocycles. The summed E-state index contributed by atoms with van der Waals surface area (Å²) in [6, 6.07) is 15.9. The van der Waals surface area contributed by atoms with E-state index in [2.05, 4.69) is 10.1 Å². The number of aromatic nitrogens is 2. The number of rotatable bonds is 10. The SMILES string of the molecule is CCS(=O)(=O)c1ccc([C@H](COC)NC(=O)c2ccc3c(c2)nc(C2CC2)n3Cc2cccc3c2OC(F)(F)O3)cc1. The molecule has 0 unspecified atom stereocenters. The van der Waals surface area contributed by atoms with Crippen molar-refractivity contribution in [2.75, 3.05) is 19.5 Å². The van der Waals surface area contributed by atoms with Crippen LogP contribution in [0, 0.1) is 0 Å². The van der Waals surface area contributed by atoms with Crippen molar-refractivity contribution < 1.29 is 36.2 Å². The zero-order valence-electron chi connectivity index (χ0n) is 23.0. The van der Waals surface area contributed by atoms with Gasteiger partial charge in [-0.3, -0.25) is 4.79 Å². The molecular formula is C30H29F2N3O6S. The summed E-state index contributed by atoms with van der Waals surface area (Å²) in [6.45, 7) is 2.01. The van der Waals surface area contributed by atoms with Gasteiger partial charge in [0.15, 0.2) is 21.3 Å². The number of benzene rings is 3. The molecule has 12 heteroatoms. The molecule has 1 atom stereocenters. The first-order valence-electron chi connectivity index (χ1n) is 13.6. The lowest BCUT2D eigenvalue weighted by Crippen LogP contribution is -2.31. The van der Waals surface area contributed by atoms with Crippen LogP contribution >= 0.6 is 0 Å². The molecule has 6 rings (SSSR count). The minimum Gasteiger partial charge on any atom is -0.395 e. The number of fused-ring (bicyclic) bond motifs is 2. The van der Waals surface area contributed by atoms with E-state index in [0.717, 1.165) is 24.2 Å². The summed E-state index contributed by atoms with van der Waals surface area (Å²) in [4.78, 5) is 18.4. The number of halogens is 2. The van der Waals surface area contributed by atoms with E-state index in [4.69, 9.17) is 14.5 Å². The number of sulfone groups is 1. The summed E-state index contributed by atoms with van der Waals surface area (Å²) in [7, 11) is -1.82. The summed E-state index contributed by atoms with van der Waals surface area (Å²) < 4.78 is 68.6. The van der Waals surface area contributed by atoms with Gasteiger partial charge in [0.1, 0.15) is 5.82 Å². The normalized spacial score (nSPS) is 16.5. The van der Waals surface area contributed by atoms with Crippen LogP contribution in [0.4, 0.5) is 8.78 Å². The van der Waals surface area contributed by atoms with Gasteiger partial charge >= 0.3 is 6.29 Å². The van der Waals surface area contributed by atoms with Crippen LogP contribution in [-0.2, 0) is 21.1 Å². The Balaban J connectivity index is 1.27. The fourth-order valence-corrected chi connectivity index (χ4v) is 6.02. The molecule has 1 N–H and O–H groups in total. The molecule has 3 aromatic carbocycles. The molecule has 42 heavy (non-hydrogen) atoms. The number of imidazole rings is 1. The second-order valence-corrected chi connectivity index (χ2v) is 12.7. The molecule has 0 radical (unpaired) electrons. The summed E-state index contributed by atoms with van der Waals surface area (Å²) in [6.07, 6.45) is -1.77. The van der Waals surface area contributed by atoms with Crippen LogP contribution in [-0.4, -0.2) is 49.6 Å². The molecule has 2 heterocycles. The summed E-state index contributed by atoms with van der Waals surface area (Å²) in [5.41, 5.74) is 2.99. The predicted molar refractivity (Wildman–Crippen MR) is 150 cm³/mol. The quantitative estimate of drug-likeness (QED) is 0.268. The molecule has 1 amide bonds. The Kier molecular flexibility index (Phi) is 7.14. The van der Waals surface area contributed by atoms with E-state index >= 15 is 0 Å². The van der Waals surface area contributed by atoms with Crippen molar-refractivity contribution in [2.45, 2.75) is 49.5 Å². The van der Waals surface area contributed by atoms with Gasteiger partial charge in [-0.05, 0) is 54.8 Å². The average Bonchev–Trinajstić information content (AvgIpc) is 3.68. The molecule has 2 aliphatic rings. The highest BCUT2D eigenvalue weighted by molar-refractivity contribution is 7.91. The van der Waals surface area contributed by atoms with E-state index in [-0.39, 0.29) is 47.1 Å². The van der Waals surface area contributed by atoms with Gasteiger partial charge in [-0.1, -0.05) is 31.2 Å². The van der Waals surface area contributed by atoms with Crippen LogP contribution in [0.5, 0.6) is 11.5 Å². The van der Waals surface area contributed by atoms with Gasteiger partial charge < -0.3 is 24.1 Å². The number of alkyl halides is 2. The lowest BCUT2D eigenvalue weighted by Gasteiger charge is -2.19. The number of amides is 1. The zero-order valence-corrected chi connectivity index (χ0v) is 23.8. The number of carbonyl (C=O) groups is 1. The maximum atomic E-state index is 13.8.